The Bertz CT molecular complexity index is 791. The summed E-state index contributed by atoms with van der Waals surface area (Å²) in [5.74, 6) is -0.698. The topological polar surface area (TPSA) is 43.6 Å². The predicted octanol–water partition coefficient (Wildman–Crippen LogP) is 3.17. The van der Waals surface area contributed by atoms with Crippen LogP contribution in [0.2, 0.25) is 0 Å². The number of hydrogen-bond donors (Lipinski definition) is 0. The molecule has 0 spiro atoms. The highest BCUT2D eigenvalue weighted by Crippen LogP contribution is 2.30. The molecule has 0 saturated carbocycles. The van der Waals surface area contributed by atoms with E-state index in [4.69, 9.17) is 4.74 Å². The number of benzene rings is 1. The van der Waals surface area contributed by atoms with Crippen molar-refractivity contribution in [1.29, 1.82) is 0 Å². The SMILES string of the molecule is CCOC(=O)c1ncn2c1sc1cc(F)c(C)cc12. The van der Waals surface area contributed by atoms with Gasteiger partial charge >= 0.3 is 5.97 Å². The Kier molecular flexibility index (Phi) is 2.74. The molecule has 3 aromatic rings. The van der Waals surface area contributed by atoms with Crippen LogP contribution >= 0.6 is 11.3 Å². The van der Waals surface area contributed by atoms with Crippen LogP contribution in [0.5, 0.6) is 0 Å². The van der Waals surface area contributed by atoms with Crippen molar-refractivity contribution in [2.45, 2.75) is 13.8 Å². The first-order valence-electron chi connectivity index (χ1n) is 5.84. The molecule has 0 aliphatic rings. The fourth-order valence-corrected chi connectivity index (χ4v) is 3.08. The van der Waals surface area contributed by atoms with E-state index >= 15 is 0 Å². The maximum atomic E-state index is 13.6. The second-order valence-corrected chi connectivity index (χ2v) is 5.19. The molecule has 0 N–H and O–H groups in total. The van der Waals surface area contributed by atoms with Crippen LogP contribution < -0.4 is 0 Å². The Hall–Kier alpha value is -1.95. The van der Waals surface area contributed by atoms with Crippen molar-refractivity contribution < 1.29 is 13.9 Å². The monoisotopic (exact) mass is 278 g/mol. The normalized spacial score (nSPS) is 11.3. The largest absolute Gasteiger partial charge is 0.461 e. The number of aromatic nitrogens is 2. The first-order chi connectivity index (χ1) is 9.11. The molecule has 98 valence electrons. The van der Waals surface area contributed by atoms with Gasteiger partial charge in [-0.25, -0.2) is 14.2 Å². The van der Waals surface area contributed by atoms with E-state index in [1.54, 1.807) is 30.6 Å². The van der Waals surface area contributed by atoms with E-state index in [-0.39, 0.29) is 11.5 Å². The standard InChI is InChI=1S/C13H11FN2O2S/c1-3-18-13(17)11-12-16(6-15-11)9-4-7(2)8(14)5-10(9)19-12/h4-6H,3H2,1-2H3. The zero-order valence-corrected chi connectivity index (χ0v) is 11.3. The smallest absolute Gasteiger partial charge is 0.360 e. The van der Waals surface area contributed by atoms with Crippen molar-refractivity contribution in [2.24, 2.45) is 0 Å². The molecule has 0 saturated heterocycles. The quantitative estimate of drug-likeness (QED) is 0.676. The Balaban J connectivity index is 2.26. The number of ether oxygens (including phenoxy) is 1. The van der Waals surface area contributed by atoms with Gasteiger partial charge in [0.1, 0.15) is 17.0 Å². The number of esters is 1. The highest BCUT2D eigenvalue weighted by molar-refractivity contribution is 7.24. The number of halogens is 1. The molecule has 0 bridgehead atoms. The fourth-order valence-electron chi connectivity index (χ4n) is 1.97. The molecular formula is C13H11FN2O2S. The van der Waals surface area contributed by atoms with Crippen molar-refractivity contribution in [3.8, 4) is 0 Å². The molecule has 1 aromatic carbocycles. The predicted molar refractivity (Wildman–Crippen MR) is 71.2 cm³/mol. The maximum absolute atomic E-state index is 13.6. The van der Waals surface area contributed by atoms with Gasteiger partial charge in [0.25, 0.3) is 0 Å². The van der Waals surface area contributed by atoms with Crippen molar-refractivity contribution in [3.05, 3.63) is 35.5 Å². The average Bonchev–Trinajstić information content (AvgIpc) is 2.90. The number of fused-ring (bicyclic) bond motifs is 3. The first-order valence-corrected chi connectivity index (χ1v) is 6.66. The molecule has 0 radical (unpaired) electrons. The molecule has 0 unspecified atom stereocenters. The number of thiazole rings is 1. The summed E-state index contributed by atoms with van der Waals surface area (Å²) in [5.41, 5.74) is 1.70. The van der Waals surface area contributed by atoms with Gasteiger partial charge in [0, 0.05) is 0 Å². The number of hydrogen-bond acceptors (Lipinski definition) is 4. The lowest BCUT2D eigenvalue weighted by Crippen LogP contribution is -2.04. The van der Waals surface area contributed by atoms with E-state index in [9.17, 15) is 9.18 Å². The summed E-state index contributed by atoms with van der Waals surface area (Å²) in [5, 5.41) is 0. The fraction of sp³-hybridized carbons (Fsp3) is 0.231. The van der Waals surface area contributed by atoms with Gasteiger partial charge in [-0.05, 0) is 31.5 Å². The molecular weight excluding hydrogens is 267 g/mol. The van der Waals surface area contributed by atoms with Crippen LogP contribution in [0.3, 0.4) is 0 Å². The summed E-state index contributed by atoms with van der Waals surface area (Å²) >= 11 is 1.33. The van der Waals surface area contributed by atoms with Crippen LogP contribution in [-0.2, 0) is 4.74 Å². The van der Waals surface area contributed by atoms with Gasteiger partial charge in [0.05, 0.1) is 16.8 Å². The van der Waals surface area contributed by atoms with Crippen LogP contribution in [0.15, 0.2) is 18.5 Å². The third kappa shape index (κ3) is 1.79. The summed E-state index contributed by atoms with van der Waals surface area (Å²) in [6.45, 7) is 3.76. The van der Waals surface area contributed by atoms with Crippen LogP contribution in [0.1, 0.15) is 23.0 Å². The van der Waals surface area contributed by atoms with Gasteiger partial charge in [-0.15, -0.1) is 11.3 Å². The molecule has 2 aromatic heterocycles. The van der Waals surface area contributed by atoms with Gasteiger partial charge in [-0.1, -0.05) is 0 Å². The molecule has 6 heteroatoms. The van der Waals surface area contributed by atoms with E-state index in [1.807, 2.05) is 0 Å². The van der Waals surface area contributed by atoms with E-state index in [1.165, 1.54) is 17.4 Å². The van der Waals surface area contributed by atoms with Crippen LogP contribution in [-0.4, -0.2) is 22.0 Å². The first kappa shape index (κ1) is 12.1. The van der Waals surface area contributed by atoms with E-state index < -0.39 is 5.97 Å². The van der Waals surface area contributed by atoms with Crippen LogP contribution in [0.4, 0.5) is 4.39 Å². The second-order valence-electron chi connectivity index (χ2n) is 4.16. The molecule has 3 rings (SSSR count). The summed E-state index contributed by atoms with van der Waals surface area (Å²) < 4.78 is 21.1. The van der Waals surface area contributed by atoms with Crippen LogP contribution in [0, 0.1) is 12.7 Å². The van der Waals surface area contributed by atoms with E-state index in [0.717, 1.165) is 10.2 Å². The third-order valence-corrected chi connectivity index (χ3v) is 4.03. The zero-order chi connectivity index (χ0) is 13.6. The molecule has 0 amide bonds. The number of aryl methyl sites for hydroxylation is 1. The average molecular weight is 278 g/mol. The van der Waals surface area contributed by atoms with Crippen LogP contribution in [0.25, 0.3) is 15.0 Å². The number of carbonyl (C=O) groups is 1. The zero-order valence-electron chi connectivity index (χ0n) is 10.4. The van der Waals surface area contributed by atoms with Crippen molar-refractivity contribution >= 4 is 32.4 Å². The highest BCUT2D eigenvalue weighted by atomic mass is 32.1. The highest BCUT2D eigenvalue weighted by Gasteiger charge is 2.18. The Morgan fingerprint density at radius 1 is 1.53 bits per heavy atom. The van der Waals surface area contributed by atoms with Gasteiger partial charge < -0.3 is 4.74 Å². The number of rotatable bonds is 2. The Labute approximate surface area is 112 Å². The minimum absolute atomic E-state index is 0.248. The van der Waals surface area contributed by atoms with Gasteiger partial charge in [-0.2, -0.15) is 0 Å². The lowest BCUT2D eigenvalue weighted by molar-refractivity contribution is 0.0523. The van der Waals surface area contributed by atoms with Gasteiger partial charge in [0.15, 0.2) is 5.69 Å². The summed E-state index contributed by atoms with van der Waals surface area (Å²) in [7, 11) is 0. The van der Waals surface area contributed by atoms with Crippen molar-refractivity contribution in [3.63, 3.8) is 0 Å². The summed E-state index contributed by atoms with van der Waals surface area (Å²) in [6.07, 6.45) is 1.57. The molecule has 2 heterocycles. The summed E-state index contributed by atoms with van der Waals surface area (Å²) in [4.78, 5) is 16.5. The number of imidazole rings is 1. The van der Waals surface area contributed by atoms with Crippen molar-refractivity contribution in [1.82, 2.24) is 9.38 Å². The minimum Gasteiger partial charge on any atom is -0.461 e. The lowest BCUT2D eigenvalue weighted by atomic mass is 10.2. The molecule has 0 atom stereocenters. The second kappa shape index (κ2) is 4.31. The van der Waals surface area contributed by atoms with Crippen molar-refractivity contribution in [2.75, 3.05) is 6.61 Å². The Morgan fingerprint density at radius 3 is 3.05 bits per heavy atom. The molecule has 4 nitrogen and oxygen atoms in total. The molecule has 0 aliphatic heterocycles. The van der Waals surface area contributed by atoms with E-state index in [2.05, 4.69) is 4.98 Å². The summed E-state index contributed by atoms with van der Waals surface area (Å²) in [6, 6.07) is 3.24. The molecule has 0 aliphatic carbocycles. The van der Waals surface area contributed by atoms with Gasteiger partial charge in [0.2, 0.25) is 0 Å². The minimum atomic E-state index is -0.450. The van der Waals surface area contributed by atoms with Gasteiger partial charge in [-0.3, -0.25) is 4.40 Å². The molecule has 19 heavy (non-hydrogen) atoms. The Morgan fingerprint density at radius 2 is 2.32 bits per heavy atom. The number of carbonyl (C=O) groups excluding carboxylic acids is 1. The lowest BCUT2D eigenvalue weighted by Gasteiger charge is -1.96. The third-order valence-electron chi connectivity index (χ3n) is 2.90. The number of nitrogens with zero attached hydrogens (tertiary/aromatic N) is 2. The maximum Gasteiger partial charge on any atom is 0.360 e. The van der Waals surface area contributed by atoms with E-state index in [0.29, 0.717) is 17.0 Å². The molecule has 0 fully saturated rings.